The number of nitrogens with one attached hydrogen (secondary N) is 2. The van der Waals surface area contributed by atoms with Gasteiger partial charge < -0.3 is 15.4 Å². The van der Waals surface area contributed by atoms with Crippen LogP contribution in [0.4, 0.5) is 0 Å². The topological polar surface area (TPSA) is 99.1 Å². The summed E-state index contributed by atoms with van der Waals surface area (Å²) in [5.41, 5.74) is 8.72. The minimum absolute atomic E-state index is 0.142. The van der Waals surface area contributed by atoms with Crippen LogP contribution in [-0.2, 0) is 0 Å². The highest BCUT2D eigenvalue weighted by atomic mass is 16.5. The van der Waals surface area contributed by atoms with Gasteiger partial charge in [0, 0.05) is 29.6 Å². The Hall–Kier alpha value is -2.24. The van der Waals surface area contributed by atoms with Crippen LogP contribution in [0.2, 0.25) is 0 Å². The van der Waals surface area contributed by atoms with Gasteiger partial charge in [-0.15, -0.1) is 0 Å². The third kappa shape index (κ3) is 6.97. The van der Waals surface area contributed by atoms with E-state index in [-0.39, 0.29) is 5.91 Å². The van der Waals surface area contributed by atoms with E-state index in [1.807, 2.05) is 7.05 Å². The van der Waals surface area contributed by atoms with Crippen LogP contribution in [0.1, 0.15) is 30.1 Å². The van der Waals surface area contributed by atoms with E-state index < -0.39 is 0 Å². The maximum Gasteiger partial charge on any atom is 0.251 e. The molecule has 1 atom stereocenters. The maximum atomic E-state index is 11.9. The number of nitrogens with zero attached hydrogens (tertiary/aromatic N) is 3. The van der Waals surface area contributed by atoms with Crippen molar-refractivity contribution in [3.05, 3.63) is 40.3 Å². The summed E-state index contributed by atoms with van der Waals surface area (Å²) in [7, 11) is 1.92. The summed E-state index contributed by atoms with van der Waals surface area (Å²) in [6.07, 6.45) is 1.55. The summed E-state index contributed by atoms with van der Waals surface area (Å²) in [4.78, 5) is 14.5. The van der Waals surface area contributed by atoms with Crippen molar-refractivity contribution in [1.82, 2.24) is 10.6 Å². The van der Waals surface area contributed by atoms with Crippen LogP contribution in [0.25, 0.3) is 10.4 Å². The predicted molar refractivity (Wildman–Crippen MR) is 86.0 cm³/mol. The smallest absolute Gasteiger partial charge is 0.251 e. The molecule has 0 radical (unpaired) electrons. The van der Waals surface area contributed by atoms with Gasteiger partial charge in [0.2, 0.25) is 0 Å². The molecule has 0 spiro atoms. The average Bonchev–Trinajstić information content (AvgIpc) is 2.55. The van der Waals surface area contributed by atoms with Crippen molar-refractivity contribution in [3.63, 3.8) is 0 Å². The molecule has 7 heteroatoms. The van der Waals surface area contributed by atoms with E-state index in [0.29, 0.717) is 37.7 Å². The van der Waals surface area contributed by atoms with Crippen molar-refractivity contribution in [1.29, 1.82) is 0 Å². The summed E-state index contributed by atoms with van der Waals surface area (Å²) in [5.74, 6) is 0.611. The molecule has 0 fully saturated rings. The Labute approximate surface area is 130 Å². The molecule has 0 heterocycles. The number of carbonyl (C=O) groups is 1. The van der Waals surface area contributed by atoms with Crippen molar-refractivity contribution >= 4 is 5.91 Å². The summed E-state index contributed by atoms with van der Waals surface area (Å²) in [5, 5.41) is 9.33. The highest BCUT2D eigenvalue weighted by molar-refractivity contribution is 5.94. The third-order valence-corrected chi connectivity index (χ3v) is 3.21. The third-order valence-electron chi connectivity index (χ3n) is 3.21. The summed E-state index contributed by atoms with van der Waals surface area (Å²) in [6, 6.07) is 7.47. The lowest BCUT2D eigenvalue weighted by molar-refractivity contribution is 0.0953. The molecule has 2 N–H and O–H groups in total. The molecule has 120 valence electrons. The van der Waals surface area contributed by atoms with Gasteiger partial charge in [-0.2, -0.15) is 0 Å². The standard InChI is InChI=1S/C15H23N5O2/c1-12(17-2)8-11-22-14-6-4-13(5-7-14)15(21)18-9-3-10-19-20-16/h4-7,12,17H,3,8-11H2,1-2H3,(H,18,21)/t12-/m1/s1. The number of benzene rings is 1. The zero-order valence-corrected chi connectivity index (χ0v) is 13.1. The molecule has 7 nitrogen and oxygen atoms in total. The fraction of sp³-hybridized carbons (Fsp3) is 0.533. The number of rotatable bonds is 10. The first-order chi connectivity index (χ1) is 10.7. The fourth-order valence-electron chi connectivity index (χ4n) is 1.70. The maximum absolute atomic E-state index is 11.9. The number of ether oxygens (including phenoxy) is 1. The van der Waals surface area contributed by atoms with Crippen LogP contribution in [-0.4, -0.2) is 38.7 Å². The zero-order valence-electron chi connectivity index (χ0n) is 13.1. The van der Waals surface area contributed by atoms with Crippen molar-refractivity contribution in [2.24, 2.45) is 5.11 Å². The first kappa shape index (κ1) is 17.8. The lowest BCUT2D eigenvalue weighted by atomic mass is 10.2. The Morgan fingerprint density at radius 2 is 2.14 bits per heavy atom. The van der Waals surface area contributed by atoms with E-state index in [0.717, 1.165) is 12.2 Å². The van der Waals surface area contributed by atoms with E-state index >= 15 is 0 Å². The van der Waals surface area contributed by atoms with Crippen molar-refractivity contribution in [2.45, 2.75) is 25.8 Å². The summed E-state index contributed by atoms with van der Waals surface area (Å²) in [6.45, 7) is 3.60. The van der Waals surface area contributed by atoms with Crippen molar-refractivity contribution in [2.75, 3.05) is 26.7 Å². The molecule has 0 unspecified atom stereocenters. The SMILES string of the molecule is CN[C@H](C)CCOc1ccc(C(=O)NCCCN=[N+]=[N-])cc1. The summed E-state index contributed by atoms with van der Waals surface area (Å²) < 4.78 is 5.62. The normalized spacial score (nSPS) is 11.4. The minimum atomic E-state index is -0.142. The highest BCUT2D eigenvalue weighted by Crippen LogP contribution is 2.12. The fourth-order valence-corrected chi connectivity index (χ4v) is 1.70. The molecular weight excluding hydrogens is 282 g/mol. The Morgan fingerprint density at radius 3 is 2.77 bits per heavy atom. The van der Waals surface area contributed by atoms with E-state index in [4.69, 9.17) is 10.3 Å². The van der Waals surface area contributed by atoms with Crippen LogP contribution < -0.4 is 15.4 Å². The lowest BCUT2D eigenvalue weighted by Gasteiger charge is -2.11. The number of azide groups is 1. The number of hydrogen-bond acceptors (Lipinski definition) is 4. The second-order valence-electron chi connectivity index (χ2n) is 4.92. The Kier molecular flexibility index (Phi) is 8.49. The largest absolute Gasteiger partial charge is 0.494 e. The highest BCUT2D eigenvalue weighted by Gasteiger charge is 2.05. The molecule has 1 amide bonds. The van der Waals surface area contributed by atoms with E-state index in [9.17, 15) is 4.79 Å². The molecule has 0 bridgehead atoms. The Balaban J connectivity index is 2.33. The lowest BCUT2D eigenvalue weighted by Crippen LogP contribution is -2.24. The van der Waals surface area contributed by atoms with Gasteiger partial charge in [0.25, 0.3) is 5.91 Å². The van der Waals surface area contributed by atoms with Crippen molar-refractivity contribution < 1.29 is 9.53 Å². The quantitative estimate of drug-likeness (QED) is 0.300. The van der Waals surface area contributed by atoms with Gasteiger partial charge in [0.15, 0.2) is 0 Å². The van der Waals surface area contributed by atoms with Crippen molar-refractivity contribution in [3.8, 4) is 5.75 Å². The van der Waals surface area contributed by atoms with Gasteiger partial charge in [0.1, 0.15) is 5.75 Å². The van der Waals surface area contributed by atoms with Gasteiger partial charge >= 0.3 is 0 Å². The number of carbonyl (C=O) groups excluding carboxylic acids is 1. The van der Waals surface area contributed by atoms with Gasteiger partial charge in [-0.1, -0.05) is 5.11 Å². The second kappa shape index (κ2) is 10.5. The van der Waals surface area contributed by atoms with Gasteiger partial charge in [0.05, 0.1) is 6.61 Å². The van der Waals surface area contributed by atoms with Gasteiger partial charge in [-0.25, -0.2) is 0 Å². The molecule has 0 aliphatic rings. The summed E-state index contributed by atoms with van der Waals surface area (Å²) >= 11 is 0. The van der Waals surface area contributed by atoms with Crippen LogP contribution >= 0.6 is 0 Å². The molecule has 0 aliphatic heterocycles. The molecule has 1 aromatic rings. The van der Waals surface area contributed by atoms with E-state index in [2.05, 4.69) is 27.6 Å². The Morgan fingerprint density at radius 1 is 1.41 bits per heavy atom. The van der Waals surface area contributed by atoms with Gasteiger partial charge in [-0.3, -0.25) is 4.79 Å². The number of amides is 1. The monoisotopic (exact) mass is 305 g/mol. The first-order valence-electron chi connectivity index (χ1n) is 7.36. The molecule has 1 aromatic carbocycles. The molecule has 0 saturated heterocycles. The zero-order chi connectivity index (χ0) is 16.2. The molecule has 1 rings (SSSR count). The molecule has 0 aromatic heterocycles. The molecule has 0 aliphatic carbocycles. The van der Waals surface area contributed by atoms with Crippen LogP contribution in [0.15, 0.2) is 29.4 Å². The predicted octanol–water partition coefficient (Wildman–Crippen LogP) is 2.49. The van der Waals surface area contributed by atoms with Crippen LogP contribution in [0.5, 0.6) is 5.75 Å². The van der Waals surface area contributed by atoms with Crippen LogP contribution in [0.3, 0.4) is 0 Å². The molecular formula is C15H23N5O2. The van der Waals surface area contributed by atoms with E-state index in [1.165, 1.54) is 0 Å². The second-order valence-corrected chi connectivity index (χ2v) is 4.92. The van der Waals surface area contributed by atoms with E-state index in [1.54, 1.807) is 24.3 Å². The first-order valence-corrected chi connectivity index (χ1v) is 7.36. The Bertz CT molecular complexity index is 497. The number of hydrogen-bond donors (Lipinski definition) is 2. The van der Waals surface area contributed by atoms with Gasteiger partial charge in [-0.05, 0) is 56.6 Å². The minimum Gasteiger partial charge on any atom is -0.494 e. The molecule has 0 saturated carbocycles. The molecule has 22 heavy (non-hydrogen) atoms. The average molecular weight is 305 g/mol. The van der Waals surface area contributed by atoms with Crippen LogP contribution in [0, 0.1) is 0 Å².